The quantitative estimate of drug-likeness (QED) is 0.587. The molecule has 1 aromatic carbocycles. The van der Waals surface area contributed by atoms with E-state index in [4.69, 9.17) is 9.47 Å². The lowest BCUT2D eigenvalue weighted by atomic mass is 10.1. The SMILES string of the molecule is COc1cccc(-c2cc(C(=O)N3CCCC(Oc4ccc(N(C)C)nn4)C3)n(C)n2)c1. The zero-order chi connectivity index (χ0) is 22.7. The molecule has 1 aliphatic heterocycles. The van der Waals surface area contributed by atoms with E-state index in [2.05, 4.69) is 15.3 Å². The molecule has 0 radical (unpaired) electrons. The Hall–Kier alpha value is -3.62. The van der Waals surface area contributed by atoms with Crippen molar-refractivity contribution in [3.63, 3.8) is 0 Å². The third-order valence-corrected chi connectivity index (χ3v) is 5.50. The lowest BCUT2D eigenvalue weighted by Gasteiger charge is -2.32. The lowest BCUT2D eigenvalue weighted by molar-refractivity contribution is 0.0516. The van der Waals surface area contributed by atoms with Crippen LogP contribution in [0.2, 0.25) is 0 Å². The Morgan fingerprint density at radius 3 is 2.72 bits per heavy atom. The average Bonchev–Trinajstić information content (AvgIpc) is 3.20. The topological polar surface area (TPSA) is 85.6 Å². The summed E-state index contributed by atoms with van der Waals surface area (Å²) >= 11 is 0. The predicted molar refractivity (Wildman–Crippen MR) is 121 cm³/mol. The van der Waals surface area contributed by atoms with E-state index in [-0.39, 0.29) is 12.0 Å². The van der Waals surface area contributed by atoms with Crippen molar-refractivity contribution in [2.45, 2.75) is 18.9 Å². The standard InChI is InChI=1S/C23H28N6O3/c1-27(2)21-10-11-22(25-24-21)32-18-9-6-12-29(15-18)23(30)20-14-19(26-28(20)3)16-7-5-8-17(13-16)31-4/h5,7-8,10-11,13-14,18H,6,9,12,15H2,1-4H3. The summed E-state index contributed by atoms with van der Waals surface area (Å²) in [4.78, 5) is 17.0. The molecule has 1 amide bonds. The summed E-state index contributed by atoms with van der Waals surface area (Å²) < 4.78 is 12.9. The predicted octanol–water partition coefficient (Wildman–Crippen LogP) is 2.64. The van der Waals surface area contributed by atoms with Gasteiger partial charge in [-0.2, -0.15) is 5.10 Å². The minimum Gasteiger partial charge on any atom is -0.497 e. The molecular formula is C23H28N6O3. The monoisotopic (exact) mass is 436 g/mol. The molecule has 3 aromatic rings. The molecule has 168 valence electrons. The first kappa shape index (κ1) is 21.6. The number of aromatic nitrogens is 4. The van der Waals surface area contributed by atoms with E-state index >= 15 is 0 Å². The van der Waals surface area contributed by atoms with Gasteiger partial charge in [0.15, 0.2) is 5.82 Å². The van der Waals surface area contributed by atoms with Gasteiger partial charge in [0.2, 0.25) is 5.88 Å². The fraction of sp³-hybridized carbons (Fsp3) is 0.391. The van der Waals surface area contributed by atoms with Gasteiger partial charge in [0.25, 0.3) is 5.91 Å². The maximum absolute atomic E-state index is 13.3. The number of carbonyl (C=O) groups is 1. The van der Waals surface area contributed by atoms with Crippen LogP contribution in [-0.2, 0) is 7.05 Å². The lowest BCUT2D eigenvalue weighted by Crippen LogP contribution is -2.45. The summed E-state index contributed by atoms with van der Waals surface area (Å²) in [6, 6.07) is 13.1. The Kier molecular flexibility index (Phi) is 6.25. The number of methoxy groups -OCH3 is 1. The van der Waals surface area contributed by atoms with Gasteiger partial charge in [0, 0.05) is 39.3 Å². The molecule has 1 unspecified atom stereocenters. The van der Waals surface area contributed by atoms with E-state index in [1.807, 2.05) is 66.4 Å². The second-order valence-electron chi connectivity index (χ2n) is 8.03. The number of likely N-dealkylation sites (tertiary alicyclic amines) is 1. The molecule has 1 saturated heterocycles. The van der Waals surface area contributed by atoms with Crippen LogP contribution in [0.15, 0.2) is 42.5 Å². The second kappa shape index (κ2) is 9.25. The molecule has 9 nitrogen and oxygen atoms in total. The zero-order valence-electron chi connectivity index (χ0n) is 18.9. The van der Waals surface area contributed by atoms with Crippen LogP contribution >= 0.6 is 0 Å². The van der Waals surface area contributed by atoms with Crippen LogP contribution in [0.25, 0.3) is 11.3 Å². The molecule has 1 atom stereocenters. The summed E-state index contributed by atoms with van der Waals surface area (Å²) in [5.41, 5.74) is 2.17. The number of amides is 1. The highest BCUT2D eigenvalue weighted by molar-refractivity contribution is 5.93. The number of nitrogens with zero attached hydrogens (tertiary/aromatic N) is 6. The minimum absolute atomic E-state index is 0.0588. The van der Waals surface area contributed by atoms with Crippen LogP contribution in [0.1, 0.15) is 23.3 Å². The maximum Gasteiger partial charge on any atom is 0.272 e. The summed E-state index contributed by atoms with van der Waals surface area (Å²) in [6.07, 6.45) is 1.60. The van der Waals surface area contributed by atoms with Gasteiger partial charge < -0.3 is 19.3 Å². The van der Waals surface area contributed by atoms with Crippen LogP contribution in [0.4, 0.5) is 5.82 Å². The minimum atomic E-state index is -0.127. The zero-order valence-corrected chi connectivity index (χ0v) is 18.9. The van der Waals surface area contributed by atoms with E-state index in [0.717, 1.165) is 35.7 Å². The van der Waals surface area contributed by atoms with Crippen molar-refractivity contribution < 1.29 is 14.3 Å². The van der Waals surface area contributed by atoms with Crippen LogP contribution in [-0.4, -0.2) is 71.2 Å². The molecule has 1 fully saturated rings. The van der Waals surface area contributed by atoms with E-state index in [1.165, 1.54) is 0 Å². The van der Waals surface area contributed by atoms with Crippen LogP contribution in [0.3, 0.4) is 0 Å². The smallest absolute Gasteiger partial charge is 0.272 e. The van der Waals surface area contributed by atoms with Gasteiger partial charge in [-0.15, -0.1) is 10.2 Å². The molecule has 0 aliphatic carbocycles. The van der Waals surface area contributed by atoms with E-state index in [1.54, 1.807) is 18.8 Å². The number of rotatable bonds is 6. The third kappa shape index (κ3) is 4.66. The highest BCUT2D eigenvalue weighted by Crippen LogP contribution is 2.25. The first-order valence-electron chi connectivity index (χ1n) is 10.6. The van der Waals surface area contributed by atoms with Gasteiger partial charge in [-0.1, -0.05) is 12.1 Å². The molecule has 1 aliphatic rings. The molecule has 2 aromatic heterocycles. The average molecular weight is 437 g/mol. The largest absolute Gasteiger partial charge is 0.497 e. The Morgan fingerprint density at radius 1 is 1.16 bits per heavy atom. The van der Waals surface area contributed by atoms with Crippen molar-refractivity contribution in [1.82, 2.24) is 24.9 Å². The normalized spacial score (nSPS) is 16.0. The number of hydrogen-bond acceptors (Lipinski definition) is 7. The Bertz CT molecular complexity index is 1080. The van der Waals surface area contributed by atoms with Crippen molar-refractivity contribution in [3.8, 4) is 22.9 Å². The van der Waals surface area contributed by atoms with Crippen molar-refractivity contribution >= 4 is 11.7 Å². The first-order valence-corrected chi connectivity index (χ1v) is 10.6. The number of ether oxygens (including phenoxy) is 2. The molecular weight excluding hydrogens is 408 g/mol. The fourth-order valence-corrected chi connectivity index (χ4v) is 3.76. The summed E-state index contributed by atoms with van der Waals surface area (Å²) in [5, 5.41) is 12.8. The molecule has 3 heterocycles. The second-order valence-corrected chi connectivity index (χ2v) is 8.03. The Labute approximate surface area is 187 Å². The summed E-state index contributed by atoms with van der Waals surface area (Å²) in [7, 11) is 7.24. The molecule has 0 bridgehead atoms. The Morgan fingerprint density at radius 2 is 2.00 bits per heavy atom. The van der Waals surface area contributed by atoms with Crippen LogP contribution in [0, 0.1) is 0 Å². The highest BCUT2D eigenvalue weighted by Gasteiger charge is 2.28. The van der Waals surface area contributed by atoms with Gasteiger partial charge in [-0.3, -0.25) is 9.48 Å². The fourth-order valence-electron chi connectivity index (χ4n) is 3.76. The van der Waals surface area contributed by atoms with Gasteiger partial charge in [0.1, 0.15) is 17.5 Å². The number of benzene rings is 1. The van der Waals surface area contributed by atoms with Crippen molar-refractivity contribution in [3.05, 3.63) is 48.2 Å². The van der Waals surface area contributed by atoms with Gasteiger partial charge in [-0.05, 0) is 37.1 Å². The van der Waals surface area contributed by atoms with Crippen molar-refractivity contribution in [1.29, 1.82) is 0 Å². The van der Waals surface area contributed by atoms with Crippen LogP contribution < -0.4 is 14.4 Å². The summed E-state index contributed by atoms with van der Waals surface area (Å²) in [6.45, 7) is 1.18. The first-order chi connectivity index (χ1) is 15.4. The third-order valence-electron chi connectivity index (χ3n) is 5.50. The molecule has 0 saturated carbocycles. The van der Waals surface area contributed by atoms with E-state index in [0.29, 0.717) is 24.7 Å². The van der Waals surface area contributed by atoms with E-state index < -0.39 is 0 Å². The number of piperidine rings is 1. The molecule has 4 rings (SSSR count). The number of aryl methyl sites for hydroxylation is 1. The maximum atomic E-state index is 13.3. The number of hydrogen-bond donors (Lipinski definition) is 0. The molecule has 0 N–H and O–H groups in total. The van der Waals surface area contributed by atoms with E-state index in [9.17, 15) is 4.79 Å². The molecule has 9 heteroatoms. The Balaban J connectivity index is 1.45. The van der Waals surface area contributed by atoms with Gasteiger partial charge in [-0.25, -0.2) is 0 Å². The van der Waals surface area contributed by atoms with Crippen LogP contribution in [0.5, 0.6) is 11.6 Å². The highest BCUT2D eigenvalue weighted by atomic mass is 16.5. The molecule has 32 heavy (non-hydrogen) atoms. The van der Waals surface area contributed by atoms with Gasteiger partial charge in [0.05, 0.1) is 19.3 Å². The van der Waals surface area contributed by atoms with Crippen molar-refractivity contribution in [2.75, 3.05) is 39.2 Å². The number of anilines is 1. The van der Waals surface area contributed by atoms with Gasteiger partial charge >= 0.3 is 0 Å². The summed E-state index contributed by atoms with van der Waals surface area (Å²) in [5.74, 6) is 1.92. The van der Waals surface area contributed by atoms with Crippen molar-refractivity contribution in [2.24, 2.45) is 7.05 Å². The number of carbonyl (C=O) groups excluding carboxylic acids is 1. The molecule has 0 spiro atoms.